The van der Waals surface area contributed by atoms with Crippen molar-refractivity contribution in [1.29, 1.82) is 0 Å². The standard InChI is InChI=1S/C6H15N.C2H4.H3O3P/c1-5(2)7-6(3)4;1-2;1-4(2)3/h5-7H,1-4H3;1-2H2;1-3H. The number of hydrogen-bond donors (Lipinski definition) is 4. The molecule has 0 atom stereocenters. The Morgan fingerprint density at radius 2 is 1.08 bits per heavy atom. The molecule has 0 spiro atoms. The van der Waals surface area contributed by atoms with Crippen LogP contribution in [0, 0.1) is 0 Å². The number of rotatable bonds is 2. The molecule has 4 N–H and O–H groups in total. The van der Waals surface area contributed by atoms with Gasteiger partial charge in [-0.15, -0.1) is 13.2 Å². The van der Waals surface area contributed by atoms with Gasteiger partial charge >= 0.3 is 8.60 Å². The largest absolute Gasteiger partial charge is 0.328 e. The van der Waals surface area contributed by atoms with E-state index in [4.69, 9.17) is 14.7 Å². The van der Waals surface area contributed by atoms with E-state index in [-0.39, 0.29) is 0 Å². The monoisotopic (exact) mass is 211 g/mol. The molecular formula is C8H22NO3P. The first kappa shape index (κ1) is 18.7. The second-order valence-corrected chi connectivity index (χ2v) is 3.28. The summed E-state index contributed by atoms with van der Waals surface area (Å²) in [6.07, 6.45) is 0. The molecule has 0 aromatic heterocycles. The average Bonchev–Trinajstić information content (AvgIpc) is 1.87. The summed E-state index contributed by atoms with van der Waals surface area (Å²) in [6.45, 7) is 14.6. The van der Waals surface area contributed by atoms with E-state index in [0.717, 1.165) is 0 Å². The van der Waals surface area contributed by atoms with Gasteiger partial charge in [-0.25, -0.2) is 0 Å². The van der Waals surface area contributed by atoms with E-state index in [1.165, 1.54) is 0 Å². The molecule has 0 saturated heterocycles. The lowest BCUT2D eigenvalue weighted by Crippen LogP contribution is -2.29. The fourth-order valence-corrected chi connectivity index (χ4v) is 0.667. The summed E-state index contributed by atoms with van der Waals surface area (Å²) in [5.41, 5.74) is 0. The zero-order chi connectivity index (χ0) is 11.4. The highest BCUT2D eigenvalue weighted by molar-refractivity contribution is 7.38. The Bertz CT molecular complexity index is 80.7. The minimum absolute atomic E-state index is 0.625. The zero-order valence-corrected chi connectivity index (χ0v) is 9.75. The van der Waals surface area contributed by atoms with Crippen molar-refractivity contribution in [3.8, 4) is 0 Å². The normalized spacial score (nSPS) is 9.08. The summed E-state index contributed by atoms with van der Waals surface area (Å²) in [5, 5.41) is 3.31. The Labute approximate surface area is 82.3 Å². The molecule has 0 unspecified atom stereocenters. The lowest BCUT2D eigenvalue weighted by molar-refractivity contribution is 0.368. The Morgan fingerprint density at radius 3 is 1.08 bits per heavy atom. The van der Waals surface area contributed by atoms with Gasteiger partial charge in [0, 0.05) is 12.1 Å². The molecule has 0 heterocycles. The van der Waals surface area contributed by atoms with Crippen molar-refractivity contribution in [3.05, 3.63) is 13.2 Å². The molecule has 0 saturated carbocycles. The molecule has 0 aliphatic heterocycles. The van der Waals surface area contributed by atoms with Crippen molar-refractivity contribution in [2.75, 3.05) is 0 Å². The molecule has 4 nitrogen and oxygen atoms in total. The maximum atomic E-state index is 7.23. The third-order valence-electron chi connectivity index (χ3n) is 0.667. The third kappa shape index (κ3) is 74.8. The van der Waals surface area contributed by atoms with Crippen LogP contribution in [0.4, 0.5) is 0 Å². The van der Waals surface area contributed by atoms with Gasteiger partial charge in [-0.3, -0.25) is 0 Å². The van der Waals surface area contributed by atoms with Crippen LogP contribution in [0.25, 0.3) is 0 Å². The van der Waals surface area contributed by atoms with E-state index in [2.05, 4.69) is 46.2 Å². The summed E-state index contributed by atoms with van der Waals surface area (Å²) in [5.74, 6) is 0. The van der Waals surface area contributed by atoms with Crippen molar-refractivity contribution >= 4 is 8.60 Å². The first-order valence-corrected chi connectivity index (χ1v) is 5.19. The Kier molecular flexibility index (Phi) is 20.9. The lowest BCUT2D eigenvalue weighted by Gasteiger charge is -2.10. The number of hydrogen-bond acceptors (Lipinski definition) is 4. The van der Waals surface area contributed by atoms with Gasteiger partial charge in [0.05, 0.1) is 0 Å². The van der Waals surface area contributed by atoms with Crippen molar-refractivity contribution in [2.24, 2.45) is 0 Å². The maximum absolute atomic E-state index is 7.23. The van der Waals surface area contributed by atoms with E-state index < -0.39 is 8.60 Å². The van der Waals surface area contributed by atoms with Crippen LogP contribution in [0.2, 0.25) is 0 Å². The molecule has 0 aromatic rings. The molecule has 0 aliphatic carbocycles. The van der Waals surface area contributed by atoms with Gasteiger partial charge in [0.25, 0.3) is 0 Å². The molecule has 0 aliphatic rings. The molecule has 0 fully saturated rings. The quantitative estimate of drug-likeness (QED) is 0.411. The third-order valence-corrected chi connectivity index (χ3v) is 0.667. The van der Waals surface area contributed by atoms with E-state index in [1.807, 2.05) is 0 Å². The van der Waals surface area contributed by atoms with Gasteiger partial charge in [-0.05, 0) is 0 Å². The van der Waals surface area contributed by atoms with Crippen molar-refractivity contribution in [1.82, 2.24) is 5.32 Å². The molecule has 5 heteroatoms. The molecule has 13 heavy (non-hydrogen) atoms. The molecule has 0 aromatic carbocycles. The topological polar surface area (TPSA) is 72.7 Å². The van der Waals surface area contributed by atoms with E-state index in [1.54, 1.807) is 0 Å². The summed E-state index contributed by atoms with van der Waals surface area (Å²) < 4.78 is 0. The molecule has 0 bridgehead atoms. The average molecular weight is 211 g/mol. The zero-order valence-electron chi connectivity index (χ0n) is 8.86. The molecule has 0 radical (unpaired) electrons. The predicted molar refractivity (Wildman–Crippen MR) is 58.2 cm³/mol. The fourth-order valence-electron chi connectivity index (χ4n) is 0.667. The summed E-state index contributed by atoms with van der Waals surface area (Å²) in [4.78, 5) is 21.7. The lowest BCUT2D eigenvalue weighted by atomic mass is 10.3. The van der Waals surface area contributed by atoms with Gasteiger partial charge in [-0.2, -0.15) is 0 Å². The highest BCUT2D eigenvalue weighted by Gasteiger charge is 1.92. The molecular weight excluding hydrogens is 189 g/mol. The maximum Gasteiger partial charge on any atom is 0.324 e. The van der Waals surface area contributed by atoms with E-state index in [0.29, 0.717) is 12.1 Å². The summed E-state index contributed by atoms with van der Waals surface area (Å²) in [7, 11) is -2.62. The van der Waals surface area contributed by atoms with E-state index >= 15 is 0 Å². The van der Waals surface area contributed by atoms with Crippen LogP contribution in [-0.2, 0) is 0 Å². The van der Waals surface area contributed by atoms with E-state index in [9.17, 15) is 0 Å². The fraction of sp³-hybridized carbons (Fsp3) is 0.750. The highest BCUT2D eigenvalue weighted by Crippen LogP contribution is 2.11. The molecule has 82 valence electrons. The second kappa shape index (κ2) is 14.5. The van der Waals surface area contributed by atoms with Crippen LogP contribution in [0.15, 0.2) is 13.2 Å². The SMILES string of the molecule is C=C.CC(C)NC(C)C.OP(O)O. The molecule has 0 rings (SSSR count). The van der Waals surface area contributed by atoms with Crippen LogP contribution >= 0.6 is 8.60 Å². The van der Waals surface area contributed by atoms with Crippen molar-refractivity contribution in [2.45, 2.75) is 39.8 Å². The summed E-state index contributed by atoms with van der Waals surface area (Å²) >= 11 is 0. The minimum atomic E-state index is -2.62. The van der Waals surface area contributed by atoms with Crippen molar-refractivity contribution in [3.63, 3.8) is 0 Å². The van der Waals surface area contributed by atoms with Crippen LogP contribution in [0.1, 0.15) is 27.7 Å². The second-order valence-electron chi connectivity index (χ2n) is 2.74. The van der Waals surface area contributed by atoms with Gasteiger partial charge in [0.2, 0.25) is 0 Å². The summed E-state index contributed by atoms with van der Waals surface area (Å²) in [6, 6.07) is 1.25. The van der Waals surface area contributed by atoms with Gasteiger partial charge in [0.1, 0.15) is 0 Å². The van der Waals surface area contributed by atoms with Crippen LogP contribution < -0.4 is 5.32 Å². The first-order chi connectivity index (χ1) is 5.86. The highest BCUT2D eigenvalue weighted by atomic mass is 31.2. The first-order valence-electron chi connectivity index (χ1n) is 3.99. The predicted octanol–water partition coefficient (Wildman–Crippen LogP) is 1.39. The minimum Gasteiger partial charge on any atom is -0.328 e. The van der Waals surface area contributed by atoms with Gasteiger partial charge in [-0.1, -0.05) is 27.7 Å². The van der Waals surface area contributed by atoms with Gasteiger partial charge in [0.15, 0.2) is 0 Å². The Balaban J connectivity index is -0.000000142. The Hall–Kier alpha value is 0.0100. The van der Waals surface area contributed by atoms with Crippen LogP contribution in [0.5, 0.6) is 0 Å². The van der Waals surface area contributed by atoms with Crippen LogP contribution in [-0.4, -0.2) is 26.8 Å². The van der Waals surface area contributed by atoms with Crippen LogP contribution in [0.3, 0.4) is 0 Å². The smallest absolute Gasteiger partial charge is 0.324 e. The number of nitrogens with one attached hydrogen (secondary N) is 1. The van der Waals surface area contributed by atoms with Gasteiger partial charge < -0.3 is 20.0 Å². The Morgan fingerprint density at radius 1 is 0.923 bits per heavy atom. The van der Waals surface area contributed by atoms with Crippen molar-refractivity contribution < 1.29 is 14.7 Å². The molecule has 0 amide bonds.